The molecule has 0 spiro atoms. The minimum absolute atomic E-state index is 0.233. The maximum Gasteiger partial charge on any atom is 0.147 e. The van der Waals surface area contributed by atoms with E-state index in [2.05, 4.69) is 21.2 Å². The van der Waals surface area contributed by atoms with Crippen LogP contribution < -0.4 is 5.32 Å². The van der Waals surface area contributed by atoms with E-state index >= 15 is 0 Å². The van der Waals surface area contributed by atoms with Crippen molar-refractivity contribution in [1.82, 2.24) is 5.32 Å². The van der Waals surface area contributed by atoms with Crippen molar-refractivity contribution < 1.29 is 8.42 Å². The van der Waals surface area contributed by atoms with Crippen LogP contribution in [0.4, 0.5) is 0 Å². The van der Waals surface area contributed by atoms with Gasteiger partial charge >= 0.3 is 0 Å². The van der Waals surface area contributed by atoms with Gasteiger partial charge in [-0.25, -0.2) is 8.42 Å². The molecule has 1 rings (SSSR count). The van der Waals surface area contributed by atoms with Crippen molar-refractivity contribution in [2.24, 2.45) is 0 Å². The molecule has 1 atom stereocenters. The first kappa shape index (κ1) is 14.2. The Bertz CT molecular complexity index is 428. The predicted molar refractivity (Wildman–Crippen MR) is 72.8 cm³/mol. The fraction of sp³-hybridized carbons (Fsp3) is 0.600. The Labute approximate surface area is 109 Å². The van der Waals surface area contributed by atoms with Crippen LogP contribution >= 0.6 is 27.3 Å². The lowest BCUT2D eigenvalue weighted by atomic mass is 10.1. The second-order valence-corrected chi connectivity index (χ2v) is 7.81. The van der Waals surface area contributed by atoms with E-state index in [1.54, 1.807) is 11.3 Å². The van der Waals surface area contributed by atoms with Crippen LogP contribution in [-0.2, 0) is 9.84 Å². The summed E-state index contributed by atoms with van der Waals surface area (Å²) in [5.41, 5.74) is 0. The van der Waals surface area contributed by atoms with Gasteiger partial charge in [-0.05, 0) is 47.3 Å². The Balaban J connectivity index is 2.54. The Morgan fingerprint density at radius 3 is 2.69 bits per heavy atom. The first-order chi connectivity index (χ1) is 7.44. The molecule has 92 valence electrons. The monoisotopic (exact) mass is 325 g/mol. The fourth-order valence-corrected chi connectivity index (χ4v) is 4.00. The molecule has 1 unspecified atom stereocenters. The van der Waals surface area contributed by atoms with Crippen LogP contribution in [0.15, 0.2) is 15.9 Å². The number of nitrogens with one attached hydrogen (secondary N) is 1. The van der Waals surface area contributed by atoms with E-state index in [1.165, 1.54) is 11.1 Å². The molecule has 1 heterocycles. The molecule has 16 heavy (non-hydrogen) atoms. The normalized spacial score (nSPS) is 13.9. The van der Waals surface area contributed by atoms with Crippen LogP contribution in [0.2, 0.25) is 0 Å². The number of sulfone groups is 1. The molecule has 1 aromatic heterocycles. The zero-order valence-electron chi connectivity index (χ0n) is 9.36. The zero-order valence-corrected chi connectivity index (χ0v) is 12.6. The average molecular weight is 326 g/mol. The highest BCUT2D eigenvalue weighted by atomic mass is 79.9. The van der Waals surface area contributed by atoms with Gasteiger partial charge < -0.3 is 5.32 Å². The maximum absolute atomic E-state index is 11.0. The van der Waals surface area contributed by atoms with Gasteiger partial charge in [-0.1, -0.05) is 0 Å². The number of hydrogen-bond donors (Lipinski definition) is 1. The summed E-state index contributed by atoms with van der Waals surface area (Å²) in [6, 6.07) is 2.25. The molecule has 0 saturated heterocycles. The lowest BCUT2D eigenvalue weighted by Crippen LogP contribution is -2.17. The van der Waals surface area contributed by atoms with E-state index in [1.807, 2.05) is 18.5 Å². The molecule has 1 N–H and O–H groups in total. The Kier molecular flexibility index (Phi) is 5.43. The van der Waals surface area contributed by atoms with Crippen LogP contribution in [0.1, 0.15) is 23.8 Å². The second kappa shape index (κ2) is 6.14. The smallest absolute Gasteiger partial charge is 0.147 e. The summed E-state index contributed by atoms with van der Waals surface area (Å²) >= 11 is 5.17. The van der Waals surface area contributed by atoms with Crippen molar-refractivity contribution in [2.75, 3.05) is 19.1 Å². The summed E-state index contributed by atoms with van der Waals surface area (Å²) < 4.78 is 23.1. The van der Waals surface area contributed by atoms with Crippen molar-refractivity contribution >= 4 is 37.1 Å². The Morgan fingerprint density at radius 1 is 1.56 bits per heavy atom. The molecule has 0 radical (unpaired) electrons. The quantitative estimate of drug-likeness (QED) is 0.874. The number of rotatable bonds is 6. The molecule has 0 saturated carbocycles. The number of thiophene rings is 1. The molecule has 3 nitrogen and oxygen atoms in total. The van der Waals surface area contributed by atoms with Crippen LogP contribution in [0, 0.1) is 0 Å². The molecule has 1 aromatic rings. The van der Waals surface area contributed by atoms with E-state index in [0.29, 0.717) is 6.42 Å². The second-order valence-electron chi connectivity index (χ2n) is 3.75. The van der Waals surface area contributed by atoms with Crippen molar-refractivity contribution in [3.05, 3.63) is 20.8 Å². The minimum atomic E-state index is -2.84. The maximum atomic E-state index is 11.0. The van der Waals surface area contributed by atoms with Crippen molar-refractivity contribution in [3.8, 4) is 0 Å². The van der Waals surface area contributed by atoms with Gasteiger partial charge in [0.25, 0.3) is 0 Å². The van der Waals surface area contributed by atoms with E-state index in [4.69, 9.17) is 0 Å². The highest BCUT2D eigenvalue weighted by Gasteiger charge is 2.14. The summed E-state index contributed by atoms with van der Waals surface area (Å²) in [7, 11) is -0.943. The SMILES string of the molecule is CNC(CCCS(C)(=O)=O)c1sccc1Br. The van der Waals surface area contributed by atoms with Gasteiger partial charge in [0.15, 0.2) is 0 Å². The molecule has 0 aliphatic rings. The van der Waals surface area contributed by atoms with Crippen molar-refractivity contribution in [2.45, 2.75) is 18.9 Å². The Morgan fingerprint density at radius 2 is 2.25 bits per heavy atom. The summed E-state index contributed by atoms with van der Waals surface area (Å²) in [6.45, 7) is 0. The van der Waals surface area contributed by atoms with Gasteiger partial charge in [0.2, 0.25) is 0 Å². The third-order valence-corrected chi connectivity index (χ3v) is 5.33. The molecule has 0 bridgehead atoms. The predicted octanol–water partition coefficient (Wildman–Crippen LogP) is 2.60. The Hall–Kier alpha value is 0.0900. The van der Waals surface area contributed by atoms with Crippen molar-refractivity contribution in [3.63, 3.8) is 0 Å². The highest BCUT2D eigenvalue weighted by molar-refractivity contribution is 9.10. The largest absolute Gasteiger partial charge is 0.312 e. The molecule has 6 heteroatoms. The summed E-state index contributed by atoms with van der Waals surface area (Å²) in [5.74, 6) is 0.258. The van der Waals surface area contributed by atoms with E-state index < -0.39 is 9.84 Å². The standard InChI is InChI=1S/C10H16BrNO2S2/c1-12-9(4-3-7-16(2,13)14)10-8(11)5-6-15-10/h5-6,9,12H,3-4,7H2,1-2H3. The van der Waals surface area contributed by atoms with Gasteiger partial charge in [-0.2, -0.15) is 0 Å². The lowest BCUT2D eigenvalue weighted by molar-refractivity contribution is 0.542. The van der Waals surface area contributed by atoms with E-state index in [9.17, 15) is 8.42 Å². The van der Waals surface area contributed by atoms with Crippen LogP contribution in [0.5, 0.6) is 0 Å². The minimum Gasteiger partial charge on any atom is -0.312 e. The van der Waals surface area contributed by atoms with Gasteiger partial charge in [0, 0.05) is 27.4 Å². The van der Waals surface area contributed by atoms with Crippen LogP contribution in [0.25, 0.3) is 0 Å². The summed E-state index contributed by atoms with van der Waals surface area (Å²) in [4.78, 5) is 1.23. The first-order valence-electron chi connectivity index (χ1n) is 5.02. The number of hydrogen-bond acceptors (Lipinski definition) is 4. The van der Waals surface area contributed by atoms with Gasteiger partial charge in [0.1, 0.15) is 9.84 Å². The average Bonchev–Trinajstić information content (AvgIpc) is 2.58. The van der Waals surface area contributed by atoms with Gasteiger partial charge in [-0.15, -0.1) is 11.3 Å². The molecule has 0 fully saturated rings. The molecular formula is C10H16BrNO2S2. The fourth-order valence-electron chi connectivity index (χ4n) is 1.51. The van der Waals surface area contributed by atoms with Crippen molar-refractivity contribution in [1.29, 1.82) is 0 Å². The third kappa shape index (κ3) is 4.53. The van der Waals surface area contributed by atoms with Gasteiger partial charge in [0.05, 0.1) is 0 Å². The van der Waals surface area contributed by atoms with E-state index in [-0.39, 0.29) is 11.8 Å². The molecule has 0 aromatic carbocycles. The topological polar surface area (TPSA) is 46.2 Å². The molecular weight excluding hydrogens is 310 g/mol. The summed E-state index contributed by atoms with van der Waals surface area (Å²) in [5, 5.41) is 5.25. The van der Waals surface area contributed by atoms with Crippen LogP contribution in [-0.4, -0.2) is 27.5 Å². The lowest BCUT2D eigenvalue weighted by Gasteiger charge is -2.14. The third-order valence-electron chi connectivity index (χ3n) is 2.32. The van der Waals surface area contributed by atoms with Crippen LogP contribution in [0.3, 0.4) is 0 Å². The molecule has 0 amide bonds. The van der Waals surface area contributed by atoms with E-state index in [0.717, 1.165) is 10.9 Å². The van der Waals surface area contributed by atoms with Gasteiger partial charge in [-0.3, -0.25) is 0 Å². The highest BCUT2D eigenvalue weighted by Crippen LogP contribution is 2.31. The molecule has 0 aliphatic carbocycles. The summed E-state index contributed by atoms with van der Waals surface area (Å²) in [6.07, 6.45) is 2.81. The molecule has 0 aliphatic heterocycles. The first-order valence-corrected chi connectivity index (χ1v) is 8.75. The zero-order chi connectivity index (χ0) is 12.2. The number of halogens is 1.